The molecular weight excluding hydrogens is 508 g/mol. The minimum atomic E-state index is -0.584. The zero-order valence-corrected chi connectivity index (χ0v) is 24.1. The normalized spacial score (nSPS) is 24.0. The average molecular weight is 549 g/mol. The highest BCUT2D eigenvalue weighted by Crippen LogP contribution is 2.43. The van der Waals surface area contributed by atoms with Crippen molar-refractivity contribution in [3.8, 4) is 11.8 Å². The third-order valence-corrected chi connectivity index (χ3v) is 8.77. The number of nitrogens with zero attached hydrogens (tertiary/aromatic N) is 3. The molecule has 2 N–H and O–H groups in total. The molecule has 0 radical (unpaired) electrons. The molecule has 0 aromatic heterocycles. The first-order valence-electron chi connectivity index (χ1n) is 14.8. The summed E-state index contributed by atoms with van der Waals surface area (Å²) in [7, 11) is 0. The molecule has 2 amide bonds. The quantitative estimate of drug-likeness (QED) is 0.454. The van der Waals surface area contributed by atoms with Gasteiger partial charge in [0, 0.05) is 67.5 Å². The van der Waals surface area contributed by atoms with Crippen molar-refractivity contribution in [1.29, 1.82) is 0 Å². The molecule has 0 unspecified atom stereocenters. The van der Waals surface area contributed by atoms with Crippen LogP contribution in [-0.2, 0) is 0 Å². The summed E-state index contributed by atoms with van der Waals surface area (Å²) >= 11 is 0. The topological polar surface area (TPSA) is 59.1 Å². The Labute approximate surface area is 244 Å². The molecule has 6 nitrogen and oxygen atoms in total. The average Bonchev–Trinajstić information content (AvgIpc) is 2.94. The number of amides is 2. The minimum Gasteiger partial charge on any atom is -0.388 e. The van der Waals surface area contributed by atoms with Crippen LogP contribution in [0.4, 0.5) is 10.5 Å². The zero-order valence-electron chi connectivity index (χ0n) is 24.1. The van der Waals surface area contributed by atoms with Gasteiger partial charge in [0.15, 0.2) is 0 Å². The molecule has 3 aromatic carbocycles. The van der Waals surface area contributed by atoms with E-state index in [9.17, 15) is 9.90 Å². The molecule has 3 heterocycles. The van der Waals surface area contributed by atoms with Crippen LogP contribution in [0.3, 0.4) is 0 Å². The Balaban J connectivity index is 1.21. The smallest absolute Gasteiger partial charge is 0.321 e. The predicted octanol–water partition coefficient (Wildman–Crippen LogP) is 4.93. The molecule has 0 aliphatic carbocycles. The summed E-state index contributed by atoms with van der Waals surface area (Å²) < 4.78 is 0. The van der Waals surface area contributed by atoms with E-state index in [1.165, 1.54) is 11.1 Å². The van der Waals surface area contributed by atoms with Gasteiger partial charge in [0.1, 0.15) is 0 Å². The van der Waals surface area contributed by atoms with Crippen molar-refractivity contribution in [3.63, 3.8) is 0 Å². The fraction of sp³-hybridized carbons (Fsp3) is 0.400. The van der Waals surface area contributed by atoms with E-state index in [0.29, 0.717) is 31.6 Å². The van der Waals surface area contributed by atoms with Gasteiger partial charge in [0.2, 0.25) is 0 Å². The number of carbonyl (C=O) groups is 1. The van der Waals surface area contributed by atoms with E-state index in [0.717, 1.165) is 49.3 Å². The Kier molecular flexibility index (Phi) is 7.86. The number of hydrogen-bond acceptors (Lipinski definition) is 4. The first kappa shape index (κ1) is 27.5. The fourth-order valence-corrected chi connectivity index (χ4v) is 6.73. The number of aryl methyl sites for hydroxylation is 1. The van der Waals surface area contributed by atoms with E-state index >= 15 is 0 Å². The molecule has 3 atom stereocenters. The van der Waals surface area contributed by atoms with E-state index < -0.39 is 5.60 Å². The van der Waals surface area contributed by atoms with Gasteiger partial charge in [-0.15, -0.1) is 0 Å². The predicted molar refractivity (Wildman–Crippen MR) is 164 cm³/mol. The van der Waals surface area contributed by atoms with E-state index in [4.69, 9.17) is 0 Å². The molecule has 3 aromatic rings. The van der Waals surface area contributed by atoms with Crippen LogP contribution >= 0.6 is 0 Å². The number of urea groups is 1. The fourth-order valence-electron chi connectivity index (χ4n) is 6.73. The molecule has 0 saturated carbocycles. The molecule has 3 aliphatic rings. The first-order valence-corrected chi connectivity index (χ1v) is 14.8. The van der Waals surface area contributed by atoms with Gasteiger partial charge in [-0.1, -0.05) is 59.9 Å². The van der Waals surface area contributed by atoms with Crippen LogP contribution in [0.2, 0.25) is 0 Å². The maximum atomic E-state index is 13.4. The molecular formula is C35H40N4O2. The summed E-state index contributed by atoms with van der Waals surface area (Å²) in [5.41, 5.74) is 4.73. The van der Waals surface area contributed by atoms with Crippen molar-refractivity contribution >= 4 is 11.7 Å². The number of hydrogen-bond donors (Lipinski definition) is 2. The summed E-state index contributed by atoms with van der Waals surface area (Å²) in [6.07, 6.45) is 2.06. The van der Waals surface area contributed by atoms with Crippen LogP contribution < -0.4 is 5.32 Å². The lowest BCUT2D eigenvalue weighted by Crippen LogP contribution is -2.72. The van der Waals surface area contributed by atoms with Crippen LogP contribution in [0.15, 0.2) is 78.9 Å². The summed E-state index contributed by atoms with van der Waals surface area (Å²) in [4.78, 5) is 20.4. The van der Waals surface area contributed by atoms with Crippen molar-refractivity contribution < 1.29 is 9.90 Å². The Morgan fingerprint density at radius 3 is 2.27 bits per heavy atom. The Hall–Kier alpha value is -3.63. The van der Waals surface area contributed by atoms with Crippen molar-refractivity contribution in [2.45, 2.75) is 50.3 Å². The van der Waals surface area contributed by atoms with Gasteiger partial charge in [-0.2, -0.15) is 0 Å². The lowest BCUT2D eigenvalue weighted by Gasteiger charge is -2.60. The number of β-amino-alcohol motifs (C(OH)–C–C–N with tert-alkyl or cyclic N) is 1. The number of likely N-dealkylation sites (tertiary alicyclic amines) is 1. The molecule has 3 fully saturated rings. The molecule has 0 spiro atoms. The van der Waals surface area contributed by atoms with Crippen LogP contribution in [0.25, 0.3) is 0 Å². The van der Waals surface area contributed by atoms with Crippen LogP contribution in [0.1, 0.15) is 47.9 Å². The summed E-state index contributed by atoms with van der Waals surface area (Å²) in [6.45, 7) is 8.85. The van der Waals surface area contributed by atoms with E-state index in [2.05, 4.69) is 58.1 Å². The van der Waals surface area contributed by atoms with Crippen LogP contribution in [0, 0.1) is 18.8 Å². The van der Waals surface area contributed by atoms with Crippen LogP contribution in [-0.4, -0.2) is 82.8 Å². The van der Waals surface area contributed by atoms with Gasteiger partial charge >= 0.3 is 6.03 Å². The Bertz CT molecular complexity index is 1400. The number of rotatable bonds is 4. The number of carbonyl (C=O) groups excluding carboxylic acids is 1. The highest BCUT2D eigenvalue weighted by Gasteiger charge is 2.51. The van der Waals surface area contributed by atoms with Crippen molar-refractivity contribution in [2.75, 3.05) is 44.6 Å². The molecule has 3 aliphatic heterocycles. The number of aliphatic hydroxyl groups is 1. The maximum absolute atomic E-state index is 13.4. The third kappa shape index (κ3) is 6.33. The molecule has 212 valence electrons. The van der Waals surface area contributed by atoms with E-state index in [1.54, 1.807) is 0 Å². The van der Waals surface area contributed by atoms with Gasteiger partial charge < -0.3 is 15.3 Å². The highest BCUT2D eigenvalue weighted by molar-refractivity contribution is 5.89. The molecule has 6 heteroatoms. The van der Waals surface area contributed by atoms with Gasteiger partial charge in [-0.05, 0) is 75.2 Å². The highest BCUT2D eigenvalue weighted by atomic mass is 16.3. The van der Waals surface area contributed by atoms with E-state index in [1.807, 2.05) is 66.4 Å². The largest absolute Gasteiger partial charge is 0.388 e. The summed E-state index contributed by atoms with van der Waals surface area (Å²) in [6, 6.07) is 27.4. The lowest BCUT2D eigenvalue weighted by molar-refractivity contribution is -0.116. The number of fused-ring (bicyclic) bond motifs is 1. The Morgan fingerprint density at radius 1 is 0.927 bits per heavy atom. The van der Waals surface area contributed by atoms with Crippen molar-refractivity contribution in [3.05, 3.63) is 101 Å². The van der Waals surface area contributed by atoms with Gasteiger partial charge in [-0.25, -0.2) is 4.79 Å². The Morgan fingerprint density at radius 2 is 1.59 bits per heavy atom. The molecule has 41 heavy (non-hydrogen) atoms. The molecule has 3 saturated heterocycles. The monoisotopic (exact) mass is 548 g/mol. The molecule has 0 bridgehead atoms. The standard InChI is InChI=1S/C35H40N4O2/c1-26-10-18-30(19-11-26)36-34(40)38-20-6-7-21-39-31(22-37-24-35(2,41)25-37)33(32(39)23-38)29-16-14-28(15-17-29)13-12-27-8-4-3-5-9-27/h3-5,8-11,14-19,31-33,41H,6-7,20-25H2,1-2H3,(H,36,40)/t31-,32+,33+/m1/s1. The van der Waals surface area contributed by atoms with Gasteiger partial charge in [0.25, 0.3) is 0 Å². The number of benzene rings is 3. The lowest BCUT2D eigenvalue weighted by atomic mass is 9.73. The second-order valence-electron chi connectivity index (χ2n) is 12.3. The van der Waals surface area contributed by atoms with E-state index in [-0.39, 0.29) is 12.1 Å². The van der Waals surface area contributed by atoms with Gasteiger partial charge in [0.05, 0.1) is 5.60 Å². The summed E-state index contributed by atoms with van der Waals surface area (Å²) in [5, 5.41) is 13.5. The first-order chi connectivity index (χ1) is 19.8. The second kappa shape index (κ2) is 11.7. The minimum absolute atomic E-state index is 0.0248. The van der Waals surface area contributed by atoms with Gasteiger partial charge in [-0.3, -0.25) is 9.80 Å². The molecule has 6 rings (SSSR count). The number of anilines is 1. The van der Waals surface area contributed by atoms with Crippen molar-refractivity contribution in [2.24, 2.45) is 0 Å². The zero-order chi connectivity index (χ0) is 28.4. The SMILES string of the molecule is Cc1ccc(NC(=O)N2CCCCN3[C@H](CN4CC(C)(O)C4)[C@H](c4ccc(C#Cc5ccccc5)cc4)[C@@H]3C2)cc1. The third-order valence-electron chi connectivity index (χ3n) is 8.77. The maximum Gasteiger partial charge on any atom is 0.321 e. The second-order valence-corrected chi connectivity index (χ2v) is 12.3. The summed E-state index contributed by atoms with van der Waals surface area (Å²) in [5.74, 6) is 6.87. The van der Waals surface area contributed by atoms with Crippen molar-refractivity contribution in [1.82, 2.24) is 14.7 Å². The van der Waals surface area contributed by atoms with Crippen LogP contribution in [0.5, 0.6) is 0 Å². The number of nitrogens with one attached hydrogen (secondary N) is 1.